The van der Waals surface area contributed by atoms with Gasteiger partial charge in [-0.2, -0.15) is 5.10 Å². The Hall–Kier alpha value is -3.17. The van der Waals surface area contributed by atoms with Crippen LogP contribution in [0.1, 0.15) is 26.0 Å². The topological polar surface area (TPSA) is 79.5 Å². The lowest BCUT2D eigenvalue weighted by molar-refractivity contribution is -0.129. The molecule has 0 N–H and O–H groups in total. The number of nitrogens with zero attached hydrogens (tertiary/aromatic N) is 7. The van der Waals surface area contributed by atoms with Gasteiger partial charge in [-0.05, 0) is 19.1 Å². The van der Waals surface area contributed by atoms with Crippen LogP contribution in [-0.4, -0.2) is 61.0 Å². The summed E-state index contributed by atoms with van der Waals surface area (Å²) < 4.78 is 27.4. The summed E-state index contributed by atoms with van der Waals surface area (Å²) in [6.07, 6.45) is 0.324. The highest BCUT2D eigenvalue weighted by atomic mass is 19.3. The Morgan fingerprint density at radius 2 is 2.04 bits per heavy atom. The van der Waals surface area contributed by atoms with E-state index < -0.39 is 6.43 Å². The number of imidazole rings is 1. The van der Waals surface area contributed by atoms with Gasteiger partial charge in [0, 0.05) is 38.7 Å². The van der Waals surface area contributed by atoms with Gasteiger partial charge in [0.2, 0.25) is 5.91 Å². The molecule has 146 valence electrons. The van der Waals surface area contributed by atoms with E-state index >= 15 is 0 Å². The summed E-state index contributed by atoms with van der Waals surface area (Å²) in [5.74, 6) is 0.766. The quantitative estimate of drug-likeness (QED) is 0.685. The van der Waals surface area contributed by atoms with E-state index in [-0.39, 0.29) is 17.6 Å². The molecule has 8 nitrogen and oxygen atoms in total. The van der Waals surface area contributed by atoms with Crippen molar-refractivity contribution in [3.8, 4) is 11.4 Å². The van der Waals surface area contributed by atoms with Crippen molar-refractivity contribution in [3.63, 3.8) is 0 Å². The molecule has 1 amide bonds. The lowest BCUT2D eigenvalue weighted by Crippen LogP contribution is -2.53. The molecule has 0 radical (unpaired) electrons. The number of fused-ring (bicyclic) bond motifs is 1. The lowest BCUT2D eigenvalue weighted by atomic mass is 10.2. The zero-order valence-corrected chi connectivity index (χ0v) is 15.5. The molecule has 1 fully saturated rings. The number of rotatable bonds is 3. The van der Waals surface area contributed by atoms with Crippen molar-refractivity contribution in [1.82, 2.24) is 29.5 Å². The molecule has 0 aliphatic carbocycles. The van der Waals surface area contributed by atoms with E-state index in [0.717, 1.165) is 0 Å². The second kappa shape index (κ2) is 7.10. The minimum atomic E-state index is -2.67. The van der Waals surface area contributed by atoms with E-state index in [9.17, 15) is 13.6 Å². The van der Waals surface area contributed by atoms with Crippen LogP contribution in [0.3, 0.4) is 0 Å². The molecule has 3 aromatic heterocycles. The Labute approximate surface area is 159 Å². The van der Waals surface area contributed by atoms with Crippen LogP contribution in [0.15, 0.2) is 30.7 Å². The number of aromatic nitrogens is 5. The first kappa shape index (κ1) is 18.2. The van der Waals surface area contributed by atoms with Crippen LogP contribution in [-0.2, 0) is 4.79 Å². The molecule has 0 saturated carbocycles. The zero-order chi connectivity index (χ0) is 19.8. The van der Waals surface area contributed by atoms with Crippen molar-refractivity contribution in [2.24, 2.45) is 0 Å². The predicted molar refractivity (Wildman–Crippen MR) is 98.0 cm³/mol. The van der Waals surface area contributed by atoms with E-state index in [1.807, 2.05) is 11.8 Å². The fourth-order valence-corrected chi connectivity index (χ4v) is 3.41. The number of alkyl halides is 2. The minimum absolute atomic E-state index is 0.0570. The Morgan fingerprint density at radius 3 is 2.75 bits per heavy atom. The molecule has 1 atom stereocenters. The van der Waals surface area contributed by atoms with Gasteiger partial charge < -0.3 is 9.80 Å². The van der Waals surface area contributed by atoms with Crippen LogP contribution in [0.25, 0.3) is 17.0 Å². The molecule has 1 aliphatic rings. The summed E-state index contributed by atoms with van der Waals surface area (Å²) in [6, 6.07) is 4.65. The number of hydrogen-bond donors (Lipinski definition) is 0. The monoisotopic (exact) mass is 387 g/mol. The van der Waals surface area contributed by atoms with Crippen molar-refractivity contribution >= 4 is 17.4 Å². The third kappa shape index (κ3) is 3.25. The molecule has 0 bridgehead atoms. The number of anilines is 1. The molecule has 1 unspecified atom stereocenters. The summed E-state index contributed by atoms with van der Waals surface area (Å²) in [5.41, 5.74) is 1.19. The maximum atomic E-state index is 13.0. The molecule has 1 saturated heterocycles. The Balaban J connectivity index is 1.67. The van der Waals surface area contributed by atoms with Crippen molar-refractivity contribution < 1.29 is 13.6 Å². The summed E-state index contributed by atoms with van der Waals surface area (Å²) >= 11 is 0. The minimum Gasteiger partial charge on any atom is -0.350 e. The van der Waals surface area contributed by atoms with E-state index in [1.165, 1.54) is 23.0 Å². The molecular weight excluding hydrogens is 368 g/mol. The highest BCUT2D eigenvalue weighted by Crippen LogP contribution is 2.25. The SMILES string of the molecule is CC(=O)N1CCN(c2cc(-c3cnc4ccc(C(F)F)nn34)ncn2)C(C)C1. The van der Waals surface area contributed by atoms with E-state index in [1.54, 1.807) is 19.2 Å². The summed E-state index contributed by atoms with van der Waals surface area (Å²) in [6.45, 7) is 5.48. The Morgan fingerprint density at radius 1 is 1.21 bits per heavy atom. The average Bonchev–Trinajstić information content (AvgIpc) is 3.11. The van der Waals surface area contributed by atoms with Crippen molar-refractivity contribution in [3.05, 3.63) is 36.4 Å². The first-order valence-electron chi connectivity index (χ1n) is 8.91. The third-order valence-electron chi connectivity index (χ3n) is 4.89. The molecule has 4 rings (SSSR count). The van der Waals surface area contributed by atoms with Gasteiger partial charge in [-0.25, -0.2) is 28.2 Å². The number of carbonyl (C=O) groups is 1. The Bertz CT molecular complexity index is 1020. The smallest absolute Gasteiger partial charge is 0.282 e. The van der Waals surface area contributed by atoms with Crippen molar-refractivity contribution in [2.45, 2.75) is 26.3 Å². The summed E-state index contributed by atoms with van der Waals surface area (Å²) in [5, 5.41) is 3.98. The van der Waals surface area contributed by atoms with E-state index in [0.29, 0.717) is 42.5 Å². The Kier molecular flexibility index (Phi) is 4.62. The zero-order valence-electron chi connectivity index (χ0n) is 15.5. The van der Waals surface area contributed by atoms with Gasteiger partial charge in [-0.3, -0.25) is 4.79 Å². The lowest BCUT2D eigenvalue weighted by Gasteiger charge is -2.40. The van der Waals surface area contributed by atoms with Crippen LogP contribution in [0.2, 0.25) is 0 Å². The number of amides is 1. The van der Waals surface area contributed by atoms with Crippen LogP contribution in [0, 0.1) is 0 Å². The van der Waals surface area contributed by atoms with Gasteiger partial charge in [0.05, 0.1) is 11.9 Å². The molecule has 4 heterocycles. The molecule has 0 aromatic carbocycles. The molecule has 10 heteroatoms. The van der Waals surface area contributed by atoms with Gasteiger partial charge in [0.1, 0.15) is 23.5 Å². The van der Waals surface area contributed by atoms with Crippen LogP contribution in [0.5, 0.6) is 0 Å². The first-order valence-corrected chi connectivity index (χ1v) is 8.91. The molecule has 0 spiro atoms. The second-order valence-corrected chi connectivity index (χ2v) is 6.74. The largest absolute Gasteiger partial charge is 0.350 e. The second-order valence-electron chi connectivity index (χ2n) is 6.74. The fourth-order valence-electron chi connectivity index (χ4n) is 3.41. The van der Waals surface area contributed by atoms with Gasteiger partial charge in [-0.1, -0.05) is 0 Å². The number of piperazine rings is 1. The molecular formula is C18H19F2N7O. The van der Waals surface area contributed by atoms with Gasteiger partial charge in [-0.15, -0.1) is 0 Å². The number of carbonyl (C=O) groups excluding carboxylic acids is 1. The first-order chi connectivity index (χ1) is 13.4. The van der Waals surface area contributed by atoms with Crippen molar-refractivity contribution in [1.29, 1.82) is 0 Å². The third-order valence-corrected chi connectivity index (χ3v) is 4.89. The maximum absolute atomic E-state index is 13.0. The molecule has 1 aliphatic heterocycles. The highest BCUT2D eigenvalue weighted by molar-refractivity contribution is 5.73. The van der Waals surface area contributed by atoms with E-state index in [2.05, 4.69) is 25.0 Å². The van der Waals surface area contributed by atoms with Gasteiger partial charge >= 0.3 is 0 Å². The predicted octanol–water partition coefficient (Wildman–Crippen LogP) is 2.18. The normalized spacial score (nSPS) is 17.5. The molecule has 28 heavy (non-hydrogen) atoms. The van der Waals surface area contributed by atoms with Crippen LogP contribution < -0.4 is 4.90 Å². The van der Waals surface area contributed by atoms with Gasteiger partial charge in [0.25, 0.3) is 6.43 Å². The average molecular weight is 387 g/mol. The molecule has 3 aromatic rings. The van der Waals surface area contributed by atoms with Crippen LogP contribution in [0.4, 0.5) is 14.6 Å². The summed E-state index contributed by atoms with van der Waals surface area (Å²) in [7, 11) is 0. The number of halogens is 2. The fraction of sp³-hybridized carbons (Fsp3) is 0.389. The standard InChI is InChI=1S/C18H19F2N7O/c1-11-9-25(12(2)28)5-6-26(11)17-7-14(22-10-23-17)15-8-21-16-4-3-13(18(19)20)24-27(15)16/h3-4,7-8,10-11,18H,5-6,9H2,1-2H3. The number of hydrogen-bond acceptors (Lipinski definition) is 6. The van der Waals surface area contributed by atoms with Crippen LogP contribution >= 0.6 is 0 Å². The summed E-state index contributed by atoms with van der Waals surface area (Å²) in [4.78, 5) is 28.4. The highest BCUT2D eigenvalue weighted by Gasteiger charge is 2.26. The maximum Gasteiger partial charge on any atom is 0.282 e. The van der Waals surface area contributed by atoms with E-state index in [4.69, 9.17) is 0 Å². The van der Waals surface area contributed by atoms with Gasteiger partial charge in [0.15, 0.2) is 5.65 Å². The van der Waals surface area contributed by atoms with Crippen molar-refractivity contribution in [2.75, 3.05) is 24.5 Å².